The molecule has 1 amide bonds. The first-order chi connectivity index (χ1) is 10.1. The van der Waals surface area contributed by atoms with Gasteiger partial charge in [0.1, 0.15) is 11.6 Å². The first-order valence-electron chi connectivity index (χ1n) is 6.55. The smallest absolute Gasteiger partial charge is 0.255 e. The van der Waals surface area contributed by atoms with Crippen LogP contribution < -0.4 is 10.6 Å². The number of tetrazole rings is 1. The monoisotopic (exact) mass is 293 g/mol. The molecule has 0 saturated carbocycles. The van der Waals surface area contributed by atoms with Gasteiger partial charge in [0.05, 0.1) is 17.8 Å². The van der Waals surface area contributed by atoms with E-state index in [0.717, 1.165) is 18.7 Å². The fraction of sp³-hybridized carbons (Fsp3) is 0.417. The summed E-state index contributed by atoms with van der Waals surface area (Å²) >= 11 is 0. The van der Waals surface area contributed by atoms with Crippen molar-refractivity contribution in [2.24, 2.45) is 0 Å². The maximum atomic E-state index is 13.3. The summed E-state index contributed by atoms with van der Waals surface area (Å²) in [6.07, 6.45) is 1.93. The topological polar surface area (TPSA) is 108 Å². The molecule has 0 fully saturated rings. The Hall–Kier alpha value is -2.58. The third-order valence-corrected chi connectivity index (χ3v) is 2.74. The van der Waals surface area contributed by atoms with Crippen molar-refractivity contribution in [3.05, 3.63) is 29.5 Å². The van der Waals surface area contributed by atoms with E-state index in [4.69, 9.17) is 0 Å². The molecule has 3 N–H and O–H groups in total. The predicted molar refractivity (Wildman–Crippen MR) is 73.0 cm³/mol. The first kappa shape index (κ1) is 14.8. The number of nitrogens with one attached hydrogen (secondary N) is 3. The number of pyridine rings is 1. The maximum Gasteiger partial charge on any atom is 0.255 e. The van der Waals surface area contributed by atoms with Crippen LogP contribution in [0.4, 0.5) is 10.2 Å². The number of amides is 1. The highest BCUT2D eigenvalue weighted by molar-refractivity contribution is 5.98. The zero-order chi connectivity index (χ0) is 15.2. The van der Waals surface area contributed by atoms with Gasteiger partial charge in [-0.2, -0.15) is 5.21 Å². The van der Waals surface area contributed by atoms with Crippen LogP contribution in [0.2, 0.25) is 0 Å². The molecule has 2 rings (SSSR count). The largest absolute Gasteiger partial charge is 0.369 e. The molecule has 112 valence electrons. The number of nitrogens with zero attached hydrogens (tertiary/aromatic N) is 4. The molecule has 0 spiro atoms. The van der Waals surface area contributed by atoms with Gasteiger partial charge in [-0.1, -0.05) is 12.1 Å². The van der Waals surface area contributed by atoms with Crippen LogP contribution >= 0.6 is 0 Å². The molecule has 2 heterocycles. The van der Waals surface area contributed by atoms with E-state index < -0.39 is 17.8 Å². The molecule has 8 nitrogen and oxygen atoms in total. The molecule has 2 aromatic heterocycles. The molecule has 0 bridgehead atoms. The van der Waals surface area contributed by atoms with Crippen LogP contribution in [0.25, 0.3) is 0 Å². The quantitative estimate of drug-likeness (QED) is 0.734. The van der Waals surface area contributed by atoms with Crippen molar-refractivity contribution in [3.8, 4) is 0 Å². The number of hydrogen-bond donors (Lipinski definition) is 3. The SMILES string of the molecule is CCCNc1ncc(F)cc1C(=O)NC(C)c1nn[nH]n1. The Morgan fingerprint density at radius 1 is 1.52 bits per heavy atom. The van der Waals surface area contributed by atoms with Crippen LogP contribution in [0.1, 0.15) is 42.5 Å². The molecule has 2 aromatic rings. The number of halogens is 1. The lowest BCUT2D eigenvalue weighted by Gasteiger charge is -2.13. The maximum absolute atomic E-state index is 13.3. The number of rotatable bonds is 6. The molecule has 9 heteroatoms. The van der Waals surface area contributed by atoms with Gasteiger partial charge in [0.25, 0.3) is 5.91 Å². The second kappa shape index (κ2) is 6.73. The third kappa shape index (κ3) is 3.71. The van der Waals surface area contributed by atoms with E-state index in [1.807, 2.05) is 6.92 Å². The van der Waals surface area contributed by atoms with E-state index in [9.17, 15) is 9.18 Å². The average molecular weight is 293 g/mol. The van der Waals surface area contributed by atoms with Crippen molar-refractivity contribution in [1.82, 2.24) is 30.9 Å². The molecule has 1 atom stereocenters. The highest BCUT2D eigenvalue weighted by Gasteiger charge is 2.18. The zero-order valence-electron chi connectivity index (χ0n) is 11.7. The minimum atomic E-state index is -0.575. The lowest BCUT2D eigenvalue weighted by atomic mass is 10.2. The Morgan fingerprint density at radius 3 is 3.00 bits per heavy atom. The van der Waals surface area contributed by atoms with Gasteiger partial charge in [-0.25, -0.2) is 9.37 Å². The molecule has 0 aromatic carbocycles. The molecule has 0 aliphatic heterocycles. The summed E-state index contributed by atoms with van der Waals surface area (Å²) in [5.74, 6) is -0.348. The normalized spacial score (nSPS) is 12.0. The van der Waals surface area contributed by atoms with Gasteiger partial charge in [0.2, 0.25) is 0 Å². The molecule has 0 aliphatic carbocycles. The number of aromatic nitrogens is 5. The summed E-state index contributed by atoms with van der Waals surface area (Å²) < 4.78 is 13.3. The van der Waals surface area contributed by atoms with E-state index in [1.54, 1.807) is 6.92 Å². The fourth-order valence-electron chi connectivity index (χ4n) is 1.69. The van der Waals surface area contributed by atoms with Gasteiger partial charge >= 0.3 is 0 Å². The summed E-state index contributed by atoms with van der Waals surface area (Å²) in [6, 6.07) is 0.682. The summed E-state index contributed by atoms with van der Waals surface area (Å²) in [4.78, 5) is 16.2. The fourth-order valence-corrected chi connectivity index (χ4v) is 1.69. The van der Waals surface area contributed by atoms with Gasteiger partial charge in [-0.15, -0.1) is 10.2 Å². The number of carbonyl (C=O) groups is 1. The Labute approximate surface area is 120 Å². The zero-order valence-corrected chi connectivity index (χ0v) is 11.7. The van der Waals surface area contributed by atoms with Crippen LogP contribution in [0.5, 0.6) is 0 Å². The summed E-state index contributed by atoms with van der Waals surface area (Å²) in [5, 5.41) is 19.0. The minimum Gasteiger partial charge on any atom is -0.369 e. The van der Waals surface area contributed by atoms with Gasteiger partial charge in [-0.3, -0.25) is 4.79 Å². The van der Waals surface area contributed by atoms with Crippen LogP contribution in [-0.4, -0.2) is 38.1 Å². The number of hydrogen-bond acceptors (Lipinski definition) is 6. The van der Waals surface area contributed by atoms with Gasteiger partial charge in [0, 0.05) is 6.54 Å². The second-order valence-corrected chi connectivity index (χ2v) is 4.44. The van der Waals surface area contributed by atoms with Crippen molar-refractivity contribution in [2.75, 3.05) is 11.9 Å². The number of carbonyl (C=O) groups excluding carboxylic acids is 1. The van der Waals surface area contributed by atoms with E-state index in [2.05, 4.69) is 36.2 Å². The van der Waals surface area contributed by atoms with Crippen LogP contribution in [0, 0.1) is 5.82 Å². The number of aromatic amines is 1. The van der Waals surface area contributed by atoms with Crippen molar-refractivity contribution in [2.45, 2.75) is 26.3 Å². The molecular formula is C12H16FN7O. The Kier molecular flexibility index (Phi) is 4.75. The first-order valence-corrected chi connectivity index (χ1v) is 6.55. The van der Waals surface area contributed by atoms with Crippen molar-refractivity contribution in [1.29, 1.82) is 0 Å². The lowest BCUT2D eigenvalue weighted by Crippen LogP contribution is -2.28. The molecular weight excluding hydrogens is 277 g/mol. The van der Waals surface area contributed by atoms with Crippen LogP contribution in [-0.2, 0) is 0 Å². The van der Waals surface area contributed by atoms with Crippen LogP contribution in [0.3, 0.4) is 0 Å². The highest BCUT2D eigenvalue weighted by Crippen LogP contribution is 2.15. The average Bonchev–Trinajstić information content (AvgIpc) is 3.00. The number of H-pyrrole nitrogens is 1. The van der Waals surface area contributed by atoms with E-state index in [1.165, 1.54) is 0 Å². The highest BCUT2D eigenvalue weighted by atomic mass is 19.1. The Bertz CT molecular complexity index is 602. The third-order valence-electron chi connectivity index (χ3n) is 2.74. The summed E-state index contributed by atoms with van der Waals surface area (Å²) in [5.41, 5.74) is 0.138. The predicted octanol–water partition coefficient (Wildman–Crippen LogP) is 1.05. The van der Waals surface area contributed by atoms with E-state index in [0.29, 0.717) is 18.2 Å². The van der Waals surface area contributed by atoms with Crippen molar-refractivity contribution < 1.29 is 9.18 Å². The van der Waals surface area contributed by atoms with Crippen molar-refractivity contribution in [3.63, 3.8) is 0 Å². The summed E-state index contributed by atoms with van der Waals surface area (Å²) in [6.45, 7) is 4.32. The molecule has 21 heavy (non-hydrogen) atoms. The Balaban J connectivity index is 2.15. The van der Waals surface area contributed by atoms with Gasteiger partial charge < -0.3 is 10.6 Å². The molecule has 0 aliphatic rings. The number of anilines is 1. The van der Waals surface area contributed by atoms with Crippen molar-refractivity contribution >= 4 is 11.7 Å². The van der Waals surface area contributed by atoms with Gasteiger partial charge in [-0.05, 0) is 19.4 Å². The van der Waals surface area contributed by atoms with Gasteiger partial charge in [0.15, 0.2) is 5.82 Å². The Morgan fingerprint density at radius 2 is 2.33 bits per heavy atom. The minimum absolute atomic E-state index is 0.138. The standard InChI is InChI=1S/C12H16FN7O/c1-3-4-14-11-9(5-8(13)6-15-11)12(21)16-7(2)10-17-19-20-18-10/h5-7H,3-4H2,1-2H3,(H,14,15)(H,16,21)(H,17,18,19,20). The lowest BCUT2D eigenvalue weighted by molar-refractivity contribution is 0.0938. The van der Waals surface area contributed by atoms with E-state index >= 15 is 0 Å². The molecule has 0 saturated heterocycles. The second-order valence-electron chi connectivity index (χ2n) is 4.44. The molecule has 1 unspecified atom stereocenters. The molecule has 0 radical (unpaired) electrons. The summed E-state index contributed by atoms with van der Waals surface area (Å²) in [7, 11) is 0. The van der Waals surface area contributed by atoms with E-state index in [-0.39, 0.29) is 5.56 Å². The van der Waals surface area contributed by atoms with Crippen LogP contribution in [0.15, 0.2) is 12.3 Å².